The maximum absolute atomic E-state index is 14.0. The van der Waals surface area contributed by atoms with Gasteiger partial charge in [0.25, 0.3) is 5.91 Å². The van der Waals surface area contributed by atoms with Crippen molar-refractivity contribution < 1.29 is 24.2 Å². The summed E-state index contributed by atoms with van der Waals surface area (Å²) in [5, 5.41) is 21.7. The number of carbonyl (C=O) groups is 3. The molecule has 3 amide bonds. The normalized spacial score (nSPS) is 16.7. The van der Waals surface area contributed by atoms with Gasteiger partial charge in [-0.3, -0.25) is 19.3 Å². The first-order valence-corrected chi connectivity index (χ1v) is 14.4. The molecule has 10 heteroatoms. The van der Waals surface area contributed by atoms with E-state index in [0.29, 0.717) is 25.4 Å². The van der Waals surface area contributed by atoms with E-state index in [1.54, 1.807) is 20.8 Å². The van der Waals surface area contributed by atoms with Crippen LogP contribution in [0.4, 0.5) is 0 Å². The summed E-state index contributed by atoms with van der Waals surface area (Å²) < 4.78 is 5.74. The van der Waals surface area contributed by atoms with Crippen molar-refractivity contribution >= 4 is 40.9 Å². The molecule has 9 nitrogen and oxygen atoms in total. The van der Waals surface area contributed by atoms with E-state index < -0.39 is 41.5 Å². The predicted molar refractivity (Wildman–Crippen MR) is 164 cm³/mol. The number of nitrogens with zero attached hydrogens (tertiary/aromatic N) is 1. The fourth-order valence-corrected chi connectivity index (χ4v) is 5.01. The van der Waals surface area contributed by atoms with Crippen LogP contribution in [-0.2, 0) is 25.5 Å². The number of halogens is 1. The van der Waals surface area contributed by atoms with Gasteiger partial charge in [0, 0.05) is 26.1 Å². The van der Waals surface area contributed by atoms with Crippen molar-refractivity contribution in [3.63, 3.8) is 0 Å². The number of imide groups is 1. The molecular weight excluding hydrogens is 544 g/mol. The zero-order chi connectivity index (χ0) is 29.3. The highest BCUT2D eigenvalue weighted by Gasteiger charge is 2.44. The van der Waals surface area contributed by atoms with Crippen LogP contribution in [-0.4, -0.2) is 84.3 Å². The number of carbonyl (C=O) groups excluding carboxylic acids is 3. The average Bonchev–Trinajstić information content (AvgIpc) is 3.46. The third-order valence-electron chi connectivity index (χ3n) is 7.14. The molecule has 0 aromatic heterocycles. The largest absolute Gasteiger partial charge is 0.390 e. The maximum atomic E-state index is 14.0. The molecule has 0 aliphatic carbocycles. The van der Waals surface area contributed by atoms with Crippen LogP contribution in [0.3, 0.4) is 0 Å². The van der Waals surface area contributed by atoms with Crippen molar-refractivity contribution in [2.75, 3.05) is 32.8 Å². The SMILES string of the molecule is CCOC(C)(C)C(=O)N(C(=O)[C@@H]1CCCN1)[C@H](Cc1ccc2ccccc2c1)C(=O)NCC(O)CNCC(C)C.Cl. The lowest BCUT2D eigenvalue weighted by Crippen LogP contribution is -2.62. The second kappa shape index (κ2) is 16.2. The van der Waals surface area contributed by atoms with Crippen LogP contribution in [0.15, 0.2) is 42.5 Å². The topological polar surface area (TPSA) is 120 Å². The van der Waals surface area contributed by atoms with E-state index in [0.717, 1.165) is 34.2 Å². The molecule has 1 fully saturated rings. The Labute approximate surface area is 250 Å². The van der Waals surface area contributed by atoms with Crippen molar-refractivity contribution in [2.45, 2.75) is 77.7 Å². The van der Waals surface area contributed by atoms with E-state index in [9.17, 15) is 19.5 Å². The van der Waals surface area contributed by atoms with Gasteiger partial charge in [-0.15, -0.1) is 12.4 Å². The number of hydrogen-bond acceptors (Lipinski definition) is 7. The summed E-state index contributed by atoms with van der Waals surface area (Å²) in [5.74, 6) is -1.07. The summed E-state index contributed by atoms with van der Waals surface area (Å²) in [6, 6.07) is 12.1. The fraction of sp³-hybridized carbons (Fsp3) is 0.581. The highest BCUT2D eigenvalue weighted by atomic mass is 35.5. The number of aliphatic hydroxyl groups excluding tert-OH is 1. The predicted octanol–water partition coefficient (Wildman–Crippen LogP) is 2.82. The van der Waals surface area contributed by atoms with Gasteiger partial charge in [0.15, 0.2) is 0 Å². The van der Waals surface area contributed by atoms with Crippen LogP contribution >= 0.6 is 12.4 Å². The van der Waals surface area contributed by atoms with E-state index in [4.69, 9.17) is 4.74 Å². The monoisotopic (exact) mass is 590 g/mol. The van der Waals surface area contributed by atoms with Crippen LogP contribution in [0.1, 0.15) is 53.0 Å². The van der Waals surface area contributed by atoms with Gasteiger partial charge in [-0.05, 0) is 69.0 Å². The minimum Gasteiger partial charge on any atom is -0.390 e. The van der Waals surface area contributed by atoms with Gasteiger partial charge in [0.05, 0.1) is 12.1 Å². The molecule has 3 rings (SSSR count). The zero-order valence-corrected chi connectivity index (χ0v) is 25.8. The van der Waals surface area contributed by atoms with E-state index >= 15 is 0 Å². The molecule has 4 N–H and O–H groups in total. The third kappa shape index (κ3) is 9.75. The number of hydrogen-bond donors (Lipinski definition) is 4. The van der Waals surface area contributed by atoms with Gasteiger partial charge in [0.1, 0.15) is 11.6 Å². The summed E-state index contributed by atoms with van der Waals surface area (Å²) in [6.45, 7) is 11.2. The zero-order valence-electron chi connectivity index (χ0n) is 24.9. The summed E-state index contributed by atoms with van der Waals surface area (Å²) in [4.78, 5) is 42.7. The van der Waals surface area contributed by atoms with Gasteiger partial charge in [-0.25, -0.2) is 0 Å². The number of amides is 3. The first-order chi connectivity index (χ1) is 19.0. The molecule has 1 saturated heterocycles. The number of benzene rings is 2. The lowest BCUT2D eigenvalue weighted by atomic mass is 9.97. The second-order valence-electron chi connectivity index (χ2n) is 11.5. The standard InChI is InChI=1S/C31H46N4O5.ClH/c1-6-40-31(4,5)30(39)35(29(38)26-12-9-15-33-26)27(28(37)34-20-25(36)19-32-18-21(2)3)17-22-13-14-23-10-7-8-11-24(23)16-22;/h7-8,10-11,13-14,16,21,25-27,32-33,36H,6,9,12,15,17-20H2,1-5H3,(H,34,37);1H/t25?,26-,27+;/m0./s1. The first kappa shape index (κ1) is 34.6. The summed E-state index contributed by atoms with van der Waals surface area (Å²) >= 11 is 0. The van der Waals surface area contributed by atoms with E-state index in [1.807, 2.05) is 42.5 Å². The summed E-state index contributed by atoms with van der Waals surface area (Å²) in [7, 11) is 0. The molecule has 228 valence electrons. The van der Waals surface area contributed by atoms with Crippen molar-refractivity contribution in [3.8, 4) is 0 Å². The average molecular weight is 591 g/mol. The minimum absolute atomic E-state index is 0. The van der Waals surface area contributed by atoms with E-state index in [-0.39, 0.29) is 32.0 Å². The number of aliphatic hydroxyl groups is 1. The lowest BCUT2D eigenvalue weighted by molar-refractivity contribution is -0.166. The Balaban J connectivity index is 0.00000588. The van der Waals surface area contributed by atoms with Crippen LogP contribution in [0, 0.1) is 5.92 Å². The quantitative estimate of drug-likeness (QED) is 0.267. The molecule has 2 aromatic carbocycles. The second-order valence-corrected chi connectivity index (χ2v) is 11.5. The molecule has 1 heterocycles. The Bertz CT molecular complexity index is 1150. The Morgan fingerprint density at radius 1 is 1.10 bits per heavy atom. The van der Waals surface area contributed by atoms with Gasteiger partial charge in [-0.2, -0.15) is 0 Å². The Morgan fingerprint density at radius 2 is 1.80 bits per heavy atom. The summed E-state index contributed by atoms with van der Waals surface area (Å²) in [5.41, 5.74) is -0.497. The van der Waals surface area contributed by atoms with E-state index in [2.05, 4.69) is 29.8 Å². The van der Waals surface area contributed by atoms with Crippen LogP contribution in [0.2, 0.25) is 0 Å². The highest BCUT2D eigenvalue weighted by Crippen LogP contribution is 2.23. The molecule has 0 radical (unpaired) electrons. The molecule has 0 saturated carbocycles. The summed E-state index contributed by atoms with van der Waals surface area (Å²) in [6.07, 6.45) is 0.706. The molecule has 0 bridgehead atoms. The van der Waals surface area contributed by atoms with E-state index in [1.165, 1.54) is 0 Å². The van der Waals surface area contributed by atoms with Gasteiger partial charge >= 0.3 is 0 Å². The minimum atomic E-state index is -1.31. The smallest absolute Gasteiger partial charge is 0.261 e. The molecule has 41 heavy (non-hydrogen) atoms. The molecular formula is C31H47ClN4O5. The number of fused-ring (bicyclic) bond motifs is 1. The number of nitrogens with one attached hydrogen (secondary N) is 3. The Morgan fingerprint density at radius 3 is 2.44 bits per heavy atom. The lowest BCUT2D eigenvalue weighted by Gasteiger charge is -2.36. The van der Waals surface area contributed by atoms with Crippen molar-refractivity contribution in [2.24, 2.45) is 5.92 Å². The molecule has 3 atom stereocenters. The first-order valence-electron chi connectivity index (χ1n) is 14.4. The molecule has 1 aliphatic rings. The van der Waals surface area contributed by atoms with Crippen molar-refractivity contribution in [3.05, 3.63) is 48.0 Å². The number of ether oxygens (including phenoxy) is 1. The molecule has 1 aliphatic heterocycles. The van der Waals surface area contributed by atoms with Gasteiger partial charge in [-0.1, -0.05) is 56.3 Å². The van der Waals surface area contributed by atoms with Crippen molar-refractivity contribution in [1.29, 1.82) is 0 Å². The van der Waals surface area contributed by atoms with Crippen LogP contribution < -0.4 is 16.0 Å². The van der Waals surface area contributed by atoms with Crippen LogP contribution in [0.5, 0.6) is 0 Å². The fourth-order valence-electron chi connectivity index (χ4n) is 5.01. The molecule has 2 aromatic rings. The highest BCUT2D eigenvalue weighted by molar-refractivity contribution is 6.05. The third-order valence-corrected chi connectivity index (χ3v) is 7.14. The Kier molecular flexibility index (Phi) is 13.7. The van der Waals surface area contributed by atoms with Gasteiger partial charge < -0.3 is 25.8 Å². The maximum Gasteiger partial charge on any atom is 0.261 e. The Hall–Kier alpha value is -2.56. The van der Waals surface area contributed by atoms with Crippen molar-refractivity contribution in [1.82, 2.24) is 20.9 Å². The number of rotatable bonds is 14. The molecule has 1 unspecified atom stereocenters. The van der Waals surface area contributed by atoms with Crippen LogP contribution in [0.25, 0.3) is 10.8 Å². The van der Waals surface area contributed by atoms with Gasteiger partial charge in [0.2, 0.25) is 11.8 Å². The molecule has 0 spiro atoms.